The van der Waals surface area contributed by atoms with E-state index >= 15 is 0 Å². The maximum absolute atomic E-state index is 11.8. The van der Waals surface area contributed by atoms with E-state index in [-0.39, 0.29) is 0 Å². The van der Waals surface area contributed by atoms with Crippen LogP contribution in [0.25, 0.3) is 0 Å². The van der Waals surface area contributed by atoms with Crippen LogP contribution in [0.1, 0.15) is 11.7 Å². The number of halogens is 1. The second-order valence-corrected chi connectivity index (χ2v) is 4.33. The van der Waals surface area contributed by atoms with E-state index < -0.39 is 12.1 Å². The van der Waals surface area contributed by atoms with E-state index in [4.69, 9.17) is 21.1 Å². The van der Waals surface area contributed by atoms with Crippen molar-refractivity contribution in [3.8, 4) is 5.75 Å². The standard InChI is InChI=1S/C15H13ClO3/c1-18-15(17)14(11-6-5-7-12(16)10-11)19-13-8-3-2-4-9-13/h2-10,14H,1H3. The fourth-order valence-corrected chi connectivity index (χ4v) is 1.86. The molecule has 0 N–H and O–H groups in total. The van der Waals surface area contributed by atoms with E-state index in [2.05, 4.69) is 0 Å². The Morgan fingerprint density at radius 1 is 1.11 bits per heavy atom. The van der Waals surface area contributed by atoms with E-state index in [1.165, 1.54) is 7.11 Å². The Kier molecular flexibility index (Phi) is 4.42. The summed E-state index contributed by atoms with van der Waals surface area (Å²) in [6.07, 6.45) is -0.828. The van der Waals surface area contributed by atoms with Crippen LogP contribution in [0.3, 0.4) is 0 Å². The summed E-state index contributed by atoms with van der Waals surface area (Å²) >= 11 is 5.93. The second-order valence-electron chi connectivity index (χ2n) is 3.89. The normalized spacial score (nSPS) is 11.7. The van der Waals surface area contributed by atoms with E-state index in [9.17, 15) is 4.79 Å². The Labute approximate surface area is 116 Å². The average molecular weight is 277 g/mol. The lowest BCUT2D eigenvalue weighted by Crippen LogP contribution is -2.20. The summed E-state index contributed by atoms with van der Waals surface area (Å²) in [4.78, 5) is 11.8. The van der Waals surface area contributed by atoms with Crippen molar-refractivity contribution in [3.05, 3.63) is 65.2 Å². The lowest BCUT2D eigenvalue weighted by molar-refractivity contribution is -0.149. The molecule has 0 saturated carbocycles. The number of carbonyl (C=O) groups excluding carboxylic acids is 1. The summed E-state index contributed by atoms with van der Waals surface area (Å²) in [5.41, 5.74) is 0.656. The molecule has 0 radical (unpaired) electrons. The van der Waals surface area contributed by atoms with Crippen molar-refractivity contribution in [3.63, 3.8) is 0 Å². The monoisotopic (exact) mass is 276 g/mol. The van der Waals surface area contributed by atoms with Crippen molar-refractivity contribution in [1.82, 2.24) is 0 Å². The lowest BCUT2D eigenvalue weighted by atomic mass is 10.1. The average Bonchev–Trinajstić information content (AvgIpc) is 2.45. The summed E-state index contributed by atoms with van der Waals surface area (Å²) in [6, 6.07) is 16.1. The molecular formula is C15H13ClO3. The molecule has 0 aromatic heterocycles. The molecule has 0 amide bonds. The van der Waals surface area contributed by atoms with Crippen molar-refractivity contribution in [2.24, 2.45) is 0 Å². The summed E-state index contributed by atoms with van der Waals surface area (Å²) in [5, 5.41) is 0.545. The number of para-hydroxylation sites is 1. The minimum absolute atomic E-state index is 0.467. The van der Waals surface area contributed by atoms with Crippen LogP contribution in [0.15, 0.2) is 54.6 Å². The molecule has 4 heteroatoms. The Morgan fingerprint density at radius 3 is 2.47 bits per heavy atom. The molecule has 0 spiro atoms. The van der Waals surface area contributed by atoms with Crippen LogP contribution in [0.2, 0.25) is 5.02 Å². The van der Waals surface area contributed by atoms with Gasteiger partial charge in [-0.1, -0.05) is 41.9 Å². The van der Waals surface area contributed by atoms with Crippen LogP contribution in [-0.2, 0) is 9.53 Å². The Bertz CT molecular complexity index is 554. The van der Waals surface area contributed by atoms with Gasteiger partial charge in [-0.15, -0.1) is 0 Å². The molecule has 0 aliphatic heterocycles. The van der Waals surface area contributed by atoms with Gasteiger partial charge in [-0.3, -0.25) is 0 Å². The van der Waals surface area contributed by atoms with Crippen molar-refractivity contribution < 1.29 is 14.3 Å². The third-order valence-corrected chi connectivity index (χ3v) is 2.80. The lowest BCUT2D eigenvalue weighted by Gasteiger charge is -2.17. The van der Waals surface area contributed by atoms with Crippen LogP contribution < -0.4 is 4.74 Å². The van der Waals surface area contributed by atoms with Gasteiger partial charge in [0, 0.05) is 10.6 Å². The van der Waals surface area contributed by atoms with E-state index in [0.29, 0.717) is 16.3 Å². The molecule has 0 aliphatic carbocycles. The Hall–Kier alpha value is -2.00. The Balaban J connectivity index is 2.29. The predicted molar refractivity (Wildman–Crippen MR) is 73.3 cm³/mol. The highest BCUT2D eigenvalue weighted by Gasteiger charge is 2.23. The highest BCUT2D eigenvalue weighted by atomic mass is 35.5. The first-order chi connectivity index (χ1) is 9.20. The van der Waals surface area contributed by atoms with Gasteiger partial charge in [0.15, 0.2) is 0 Å². The smallest absolute Gasteiger partial charge is 0.351 e. The van der Waals surface area contributed by atoms with Gasteiger partial charge in [-0.25, -0.2) is 4.79 Å². The van der Waals surface area contributed by atoms with E-state index in [0.717, 1.165) is 0 Å². The van der Waals surface area contributed by atoms with Crippen molar-refractivity contribution in [1.29, 1.82) is 0 Å². The van der Waals surface area contributed by atoms with Gasteiger partial charge in [0.1, 0.15) is 5.75 Å². The van der Waals surface area contributed by atoms with Crippen LogP contribution >= 0.6 is 11.6 Å². The highest BCUT2D eigenvalue weighted by molar-refractivity contribution is 6.30. The number of hydrogen-bond donors (Lipinski definition) is 0. The molecule has 1 atom stereocenters. The summed E-state index contributed by atoms with van der Waals surface area (Å²) in [6.45, 7) is 0. The first kappa shape index (κ1) is 13.4. The minimum atomic E-state index is -0.828. The molecule has 19 heavy (non-hydrogen) atoms. The zero-order chi connectivity index (χ0) is 13.7. The number of ether oxygens (including phenoxy) is 2. The molecule has 2 rings (SSSR count). The predicted octanol–water partition coefficient (Wildman–Crippen LogP) is 3.63. The molecule has 0 fully saturated rings. The molecular weight excluding hydrogens is 264 g/mol. The molecule has 1 unspecified atom stereocenters. The number of rotatable bonds is 4. The maximum Gasteiger partial charge on any atom is 0.351 e. The maximum atomic E-state index is 11.8. The third kappa shape index (κ3) is 3.48. The first-order valence-electron chi connectivity index (χ1n) is 5.75. The number of esters is 1. The molecule has 0 bridgehead atoms. The fourth-order valence-electron chi connectivity index (χ4n) is 1.66. The van der Waals surface area contributed by atoms with Gasteiger partial charge < -0.3 is 9.47 Å². The quantitative estimate of drug-likeness (QED) is 0.800. The van der Waals surface area contributed by atoms with Gasteiger partial charge in [-0.05, 0) is 24.3 Å². The van der Waals surface area contributed by atoms with E-state index in [1.807, 2.05) is 18.2 Å². The SMILES string of the molecule is COC(=O)C(Oc1ccccc1)c1cccc(Cl)c1. The molecule has 0 aliphatic rings. The third-order valence-electron chi connectivity index (χ3n) is 2.56. The van der Waals surface area contributed by atoms with Crippen LogP contribution in [0.4, 0.5) is 0 Å². The number of hydrogen-bond acceptors (Lipinski definition) is 3. The van der Waals surface area contributed by atoms with E-state index in [1.54, 1.807) is 36.4 Å². The zero-order valence-electron chi connectivity index (χ0n) is 10.4. The van der Waals surface area contributed by atoms with Gasteiger partial charge in [-0.2, -0.15) is 0 Å². The second kappa shape index (κ2) is 6.25. The molecule has 0 saturated heterocycles. The van der Waals surface area contributed by atoms with Crippen molar-refractivity contribution in [2.45, 2.75) is 6.10 Å². The zero-order valence-corrected chi connectivity index (χ0v) is 11.1. The number of carbonyl (C=O) groups is 1. The molecule has 98 valence electrons. The van der Waals surface area contributed by atoms with Crippen LogP contribution in [-0.4, -0.2) is 13.1 Å². The summed E-state index contributed by atoms with van der Waals surface area (Å²) < 4.78 is 10.4. The molecule has 3 nitrogen and oxygen atoms in total. The van der Waals surface area contributed by atoms with Gasteiger partial charge in [0.2, 0.25) is 6.10 Å². The minimum Gasteiger partial charge on any atom is -0.474 e. The van der Waals surface area contributed by atoms with Gasteiger partial charge in [0.25, 0.3) is 0 Å². The number of methoxy groups -OCH3 is 1. The van der Waals surface area contributed by atoms with Crippen LogP contribution in [0, 0.1) is 0 Å². The molecule has 2 aromatic rings. The molecule has 0 heterocycles. The van der Waals surface area contributed by atoms with Gasteiger partial charge >= 0.3 is 5.97 Å². The fraction of sp³-hybridized carbons (Fsp3) is 0.133. The first-order valence-corrected chi connectivity index (χ1v) is 6.13. The highest BCUT2D eigenvalue weighted by Crippen LogP contribution is 2.24. The van der Waals surface area contributed by atoms with Crippen molar-refractivity contribution >= 4 is 17.6 Å². The van der Waals surface area contributed by atoms with Gasteiger partial charge in [0.05, 0.1) is 7.11 Å². The van der Waals surface area contributed by atoms with Crippen LogP contribution in [0.5, 0.6) is 5.75 Å². The summed E-state index contributed by atoms with van der Waals surface area (Å²) in [7, 11) is 1.33. The summed E-state index contributed by atoms with van der Waals surface area (Å²) in [5.74, 6) is 0.129. The number of benzene rings is 2. The topological polar surface area (TPSA) is 35.5 Å². The molecule has 2 aromatic carbocycles. The Morgan fingerprint density at radius 2 is 1.84 bits per heavy atom. The van der Waals surface area contributed by atoms with Crippen molar-refractivity contribution in [2.75, 3.05) is 7.11 Å². The largest absolute Gasteiger partial charge is 0.474 e.